The Bertz CT molecular complexity index is 888. The molecule has 0 bridgehead atoms. The fourth-order valence-electron chi connectivity index (χ4n) is 2.37. The van der Waals surface area contributed by atoms with Gasteiger partial charge in [-0.05, 0) is 36.8 Å². The Balaban J connectivity index is 1.94. The van der Waals surface area contributed by atoms with E-state index >= 15 is 0 Å². The van der Waals surface area contributed by atoms with Crippen molar-refractivity contribution < 1.29 is 12.8 Å². The standard InChI is InChI=1S/C18H21ClFN3O2S/c1-13(14-6-5-7-15(19)12-14)23-18(21-2)22-10-11-26(24,25)17-9-4-3-8-16(17)20/h3-9,12-13H,10-11H2,1-2H3,(H2,21,22,23). The van der Waals surface area contributed by atoms with Crippen molar-refractivity contribution in [1.82, 2.24) is 10.6 Å². The predicted octanol–water partition coefficient (Wildman–Crippen LogP) is 3.18. The van der Waals surface area contributed by atoms with Crippen molar-refractivity contribution in [1.29, 1.82) is 0 Å². The van der Waals surface area contributed by atoms with E-state index in [4.69, 9.17) is 11.6 Å². The number of benzene rings is 2. The molecule has 0 saturated heterocycles. The van der Waals surface area contributed by atoms with E-state index in [1.54, 1.807) is 13.1 Å². The second kappa shape index (κ2) is 9.00. The zero-order chi connectivity index (χ0) is 19.2. The maximum Gasteiger partial charge on any atom is 0.191 e. The second-order valence-corrected chi connectivity index (χ2v) is 8.18. The third-order valence-electron chi connectivity index (χ3n) is 3.76. The first-order valence-corrected chi connectivity index (χ1v) is 10.1. The summed E-state index contributed by atoms with van der Waals surface area (Å²) in [5.74, 6) is -0.550. The largest absolute Gasteiger partial charge is 0.355 e. The van der Waals surface area contributed by atoms with Gasteiger partial charge in [-0.15, -0.1) is 0 Å². The Morgan fingerprint density at radius 3 is 2.62 bits per heavy atom. The fourth-order valence-corrected chi connectivity index (χ4v) is 3.81. The van der Waals surface area contributed by atoms with Gasteiger partial charge in [-0.1, -0.05) is 35.9 Å². The maximum atomic E-state index is 13.7. The number of nitrogens with one attached hydrogen (secondary N) is 2. The first kappa shape index (κ1) is 20.2. The third-order valence-corrected chi connectivity index (χ3v) is 5.74. The quantitative estimate of drug-likeness (QED) is 0.580. The summed E-state index contributed by atoms with van der Waals surface area (Å²) in [5.41, 5.74) is 0.972. The lowest BCUT2D eigenvalue weighted by molar-refractivity contribution is 0.566. The average molecular weight is 398 g/mol. The van der Waals surface area contributed by atoms with Crippen LogP contribution in [-0.4, -0.2) is 33.7 Å². The number of rotatable bonds is 6. The molecule has 0 saturated carbocycles. The van der Waals surface area contributed by atoms with Crippen LogP contribution < -0.4 is 10.6 Å². The van der Waals surface area contributed by atoms with Crippen molar-refractivity contribution in [3.8, 4) is 0 Å². The van der Waals surface area contributed by atoms with Crippen LogP contribution in [0.3, 0.4) is 0 Å². The highest BCUT2D eigenvalue weighted by molar-refractivity contribution is 7.91. The minimum atomic E-state index is -3.72. The molecule has 2 aromatic carbocycles. The number of halogens is 2. The Morgan fingerprint density at radius 2 is 1.96 bits per heavy atom. The summed E-state index contributed by atoms with van der Waals surface area (Å²) in [6, 6.07) is 12.7. The summed E-state index contributed by atoms with van der Waals surface area (Å²) in [7, 11) is -2.13. The Morgan fingerprint density at radius 1 is 1.23 bits per heavy atom. The van der Waals surface area contributed by atoms with Crippen LogP contribution in [0.2, 0.25) is 5.02 Å². The van der Waals surface area contributed by atoms with E-state index in [2.05, 4.69) is 15.6 Å². The van der Waals surface area contributed by atoms with Crippen LogP contribution in [0.5, 0.6) is 0 Å². The predicted molar refractivity (Wildman–Crippen MR) is 103 cm³/mol. The molecule has 0 aliphatic rings. The van der Waals surface area contributed by atoms with E-state index in [0.717, 1.165) is 11.6 Å². The van der Waals surface area contributed by atoms with Crippen LogP contribution >= 0.6 is 11.6 Å². The summed E-state index contributed by atoms with van der Waals surface area (Å²) in [6.07, 6.45) is 0. The molecule has 5 nitrogen and oxygen atoms in total. The molecule has 2 N–H and O–H groups in total. The van der Waals surface area contributed by atoms with Crippen molar-refractivity contribution in [3.63, 3.8) is 0 Å². The molecule has 1 atom stereocenters. The van der Waals surface area contributed by atoms with Gasteiger partial charge in [0.05, 0.1) is 11.8 Å². The van der Waals surface area contributed by atoms with E-state index in [9.17, 15) is 12.8 Å². The van der Waals surface area contributed by atoms with Crippen molar-refractivity contribution >= 4 is 27.4 Å². The summed E-state index contributed by atoms with van der Waals surface area (Å²) in [5, 5.41) is 6.73. The molecule has 0 radical (unpaired) electrons. The lowest BCUT2D eigenvalue weighted by atomic mass is 10.1. The maximum absolute atomic E-state index is 13.7. The van der Waals surface area contributed by atoms with Crippen LogP contribution in [0.1, 0.15) is 18.5 Å². The van der Waals surface area contributed by atoms with Gasteiger partial charge in [0.15, 0.2) is 15.8 Å². The van der Waals surface area contributed by atoms with Crippen LogP contribution in [0.25, 0.3) is 0 Å². The average Bonchev–Trinajstić information content (AvgIpc) is 2.60. The van der Waals surface area contributed by atoms with Crippen LogP contribution in [0.4, 0.5) is 4.39 Å². The van der Waals surface area contributed by atoms with Gasteiger partial charge in [0.2, 0.25) is 0 Å². The summed E-state index contributed by atoms with van der Waals surface area (Å²) < 4.78 is 38.2. The Labute approximate surface area is 158 Å². The highest BCUT2D eigenvalue weighted by Gasteiger charge is 2.18. The van der Waals surface area contributed by atoms with E-state index < -0.39 is 15.7 Å². The zero-order valence-corrected chi connectivity index (χ0v) is 16.1. The van der Waals surface area contributed by atoms with Gasteiger partial charge in [0.25, 0.3) is 0 Å². The lowest BCUT2D eigenvalue weighted by Gasteiger charge is -2.18. The van der Waals surface area contributed by atoms with Gasteiger partial charge in [-0.3, -0.25) is 4.99 Å². The molecule has 2 rings (SSSR count). The van der Waals surface area contributed by atoms with Crippen molar-refractivity contribution in [3.05, 3.63) is 64.9 Å². The van der Waals surface area contributed by atoms with Gasteiger partial charge in [-0.2, -0.15) is 0 Å². The van der Waals surface area contributed by atoms with Crippen molar-refractivity contribution in [2.45, 2.75) is 17.9 Å². The monoisotopic (exact) mass is 397 g/mol. The van der Waals surface area contributed by atoms with Crippen LogP contribution in [0, 0.1) is 5.82 Å². The molecule has 0 aliphatic carbocycles. The number of hydrogen-bond acceptors (Lipinski definition) is 3. The molecule has 26 heavy (non-hydrogen) atoms. The second-order valence-electron chi connectivity index (χ2n) is 5.67. The highest BCUT2D eigenvalue weighted by Crippen LogP contribution is 2.17. The summed E-state index contributed by atoms with van der Waals surface area (Å²) in [6.45, 7) is 2.03. The van der Waals surface area contributed by atoms with Gasteiger partial charge < -0.3 is 10.6 Å². The normalized spacial score (nSPS) is 13.3. The number of nitrogens with zero attached hydrogens (tertiary/aromatic N) is 1. The number of hydrogen-bond donors (Lipinski definition) is 2. The van der Waals surface area contributed by atoms with E-state index in [1.165, 1.54) is 18.2 Å². The zero-order valence-electron chi connectivity index (χ0n) is 14.5. The highest BCUT2D eigenvalue weighted by atomic mass is 35.5. The van der Waals surface area contributed by atoms with Crippen molar-refractivity contribution in [2.24, 2.45) is 4.99 Å². The molecule has 0 fully saturated rings. The Hall–Kier alpha value is -2.12. The SMILES string of the molecule is CN=C(NCCS(=O)(=O)c1ccccc1F)NC(C)c1cccc(Cl)c1. The molecule has 0 heterocycles. The molecule has 140 valence electrons. The molecule has 0 aliphatic heterocycles. The minimum Gasteiger partial charge on any atom is -0.355 e. The third kappa shape index (κ3) is 5.44. The fraction of sp³-hybridized carbons (Fsp3) is 0.278. The van der Waals surface area contributed by atoms with E-state index in [-0.39, 0.29) is 23.2 Å². The van der Waals surface area contributed by atoms with E-state index in [1.807, 2.05) is 25.1 Å². The van der Waals surface area contributed by atoms with Gasteiger partial charge in [0, 0.05) is 18.6 Å². The number of guanidine groups is 1. The van der Waals surface area contributed by atoms with Gasteiger partial charge in [-0.25, -0.2) is 12.8 Å². The van der Waals surface area contributed by atoms with Crippen LogP contribution in [-0.2, 0) is 9.84 Å². The summed E-state index contributed by atoms with van der Waals surface area (Å²) in [4.78, 5) is 3.78. The molecular weight excluding hydrogens is 377 g/mol. The molecule has 2 aromatic rings. The molecule has 1 unspecified atom stereocenters. The van der Waals surface area contributed by atoms with Gasteiger partial charge in [0.1, 0.15) is 10.7 Å². The first-order chi connectivity index (χ1) is 12.3. The molecule has 0 spiro atoms. The minimum absolute atomic E-state index is 0.0805. The molecule has 8 heteroatoms. The molecule has 0 amide bonds. The lowest BCUT2D eigenvalue weighted by Crippen LogP contribution is -2.40. The Kier molecular flexibility index (Phi) is 6.99. The topological polar surface area (TPSA) is 70.6 Å². The smallest absolute Gasteiger partial charge is 0.191 e. The number of sulfone groups is 1. The van der Waals surface area contributed by atoms with E-state index in [0.29, 0.717) is 11.0 Å². The summed E-state index contributed by atoms with van der Waals surface area (Å²) >= 11 is 5.99. The first-order valence-electron chi connectivity index (χ1n) is 8.03. The van der Waals surface area contributed by atoms with Crippen molar-refractivity contribution in [2.75, 3.05) is 19.3 Å². The van der Waals surface area contributed by atoms with Gasteiger partial charge >= 0.3 is 0 Å². The number of aliphatic imine (C=N–C) groups is 1. The molecular formula is C18H21ClFN3O2S. The molecule has 0 aromatic heterocycles. The van der Waals surface area contributed by atoms with Crippen LogP contribution in [0.15, 0.2) is 58.4 Å².